The zero-order chi connectivity index (χ0) is 26.1. The van der Waals surface area contributed by atoms with Crippen molar-refractivity contribution in [1.29, 1.82) is 0 Å². The van der Waals surface area contributed by atoms with E-state index in [4.69, 9.17) is 10.7 Å². The zero-order valence-electron chi connectivity index (χ0n) is 20.9. The Labute approximate surface area is 219 Å². The van der Waals surface area contributed by atoms with Crippen LogP contribution in [-0.2, 0) is 11.2 Å². The SMILES string of the molecule is Cc1cccc(-c2nc(Nc3ccnc(Nc4ccc(CC(=O)C5CC(N)C5)cc4)n3)c3cccn3n2)n1. The predicted octanol–water partition coefficient (Wildman–Crippen LogP) is 4.23. The number of pyridine rings is 1. The van der Waals surface area contributed by atoms with Gasteiger partial charge in [0.05, 0.1) is 0 Å². The molecule has 6 rings (SSSR count). The Balaban J connectivity index is 1.18. The number of hydrogen-bond acceptors (Lipinski definition) is 9. The second kappa shape index (κ2) is 9.98. The summed E-state index contributed by atoms with van der Waals surface area (Å²) in [7, 11) is 0. The highest BCUT2D eigenvalue weighted by Gasteiger charge is 2.31. The maximum atomic E-state index is 12.4. The van der Waals surface area contributed by atoms with Crippen LogP contribution in [0.25, 0.3) is 17.0 Å². The normalized spacial score (nSPS) is 16.7. The largest absolute Gasteiger partial charge is 0.328 e. The maximum Gasteiger partial charge on any atom is 0.229 e. The summed E-state index contributed by atoms with van der Waals surface area (Å²) in [4.78, 5) is 30.6. The summed E-state index contributed by atoms with van der Waals surface area (Å²) in [5, 5.41) is 11.1. The third kappa shape index (κ3) is 5.07. The van der Waals surface area contributed by atoms with E-state index in [0.717, 1.165) is 35.3 Å². The van der Waals surface area contributed by atoms with E-state index in [1.807, 2.05) is 67.7 Å². The molecular formula is C28H27N9O. The number of carbonyl (C=O) groups excluding carboxylic acids is 1. The van der Waals surface area contributed by atoms with E-state index in [-0.39, 0.29) is 17.7 Å². The third-order valence-electron chi connectivity index (χ3n) is 6.63. The Morgan fingerprint density at radius 2 is 1.84 bits per heavy atom. The molecule has 4 aromatic heterocycles. The van der Waals surface area contributed by atoms with Gasteiger partial charge in [-0.25, -0.2) is 19.5 Å². The Kier molecular flexibility index (Phi) is 6.22. The van der Waals surface area contributed by atoms with Crippen molar-refractivity contribution in [3.63, 3.8) is 0 Å². The molecule has 1 saturated carbocycles. The van der Waals surface area contributed by atoms with E-state index in [9.17, 15) is 4.79 Å². The van der Waals surface area contributed by atoms with Gasteiger partial charge in [-0.05, 0) is 67.8 Å². The molecule has 190 valence electrons. The molecular weight excluding hydrogens is 478 g/mol. The van der Waals surface area contributed by atoms with Crippen LogP contribution in [0, 0.1) is 12.8 Å². The number of hydrogen-bond donors (Lipinski definition) is 3. The summed E-state index contributed by atoms with van der Waals surface area (Å²) in [5.74, 6) is 2.49. The fourth-order valence-electron chi connectivity index (χ4n) is 4.52. The number of aromatic nitrogens is 6. The van der Waals surface area contributed by atoms with Gasteiger partial charge >= 0.3 is 0 Å². The number of ketones is 1. The predicted molar refractivity (Wildman–Crippen MR) is 145 cm³/mol. The first-order chi connectivity index (χ1) is 18.5. The van der Waals surface area contributed by atoms with Crippen LogP contribution in [0.2, 0.25) is 0 Å². The van der Waals surface area contributed by atoms with Crippen molar-refractivity contribution in [2.24, 2.45) is 11.7 Å². The second-order valence-electron chi connectivity index (χ2n) is 9.57. The van der Waals surface area contributed by atoms with Crippen LogP contribution in [0.3, 0.4) is 0 Å². The number of nitrogens with one attached hydrogen (secondary N) is 2. The maximum absolute atomic E-state index is 12.4. The van der Waals surface area contributed by atoms with Crippen molar-refractivity contribution in [2.45, 2.75) is 32.2 Å². The van der Waals surface area contributed by atoms with Crippen LogP contribution < -0.4 is 16.4 Å². The van der Waals surface area contributed by atoms with Crippen LogP contribution in [0.1, 0.15) is 24.1 Å². The lowest BCUT2D eigenvalue weighted by Gasteiger charge is -2.31. The van der Waals surface area contributed by atoms with Crippen LogP contribution in [0.4, 0.5) is 23.3 Å². The molecule has 10 nitrogen and oxygen atoms in total. The third-order valence-corrected chi connectivity index (χ3v) is 6.63. The topological polar surface area (TPSA) is 136 Å². The summed E-state index contributed by atoms with van der Waals surface area (Å²) in [6.45, 7) is 1.94. The lowest BCUT2D eigenvalue weighted by molar-refractivity contribution is -0.125. The first-order valence-corrected chi connectivity index (χ1v) is 12.5. The van der Waals surface area contributed by atoms with E-state index >= 15 is 0 Å². The molecule has 1 aromatic carbocycles. The molecule has 4 N–H and O–H groups in total. The van der Waals surface area contributed by atoms with Gasteiger partial charge in [0.2, 0.25) is 11.8 Å². The molecule has 1 aliphatic rings. The number of aryl methyl sites for hydroxylation is 1. The van der Waals surface area contributed by atoms with Crippen LogP contribution >= 0.6 is 0 Å². The average Bonchev–Trinajstić information content (AvgIpc) is 3.37. The number of anilines is 4. The molecule has 0 bridgehead atoms. The summed E-state index contributed by atoms with van der Waals surface area (Å²) < 4.78 is 1.76. The summed E-state index contributed by atoms with van der Waals surface area (Å²) in [5.41, 5.74) is 10.0. The monoisotopic (exact) mass is 505 g/mol. The van der Waals surface area contributed by atoms with Gasteiger partial charge in [-0.3, -0.25) is 4.79 Å². The van der Waals surface area contributed by atoms with Gasteiger partial charge in [-0.2, -0.15) is 4.98 Å². The van der Waals surface area contributed by atoms with Gasteiger partial charge in [0, 0.05) is 42.2 Å². The molecule has 38 heavy (non-hydrogen) atoms. The van der Waals surface area contributed by atoms with E-state index in [0.29, 0.717) is 35.5 Å². The smallest absolute Gasteiger partial charge is 0.229 e. The number of fused-ring (bicyclic) bond motifs is 1. The number of benzene rings is 1. The van der Waals surface area contributed by atoms with Crippen molar-refractivity contribution in [1.82, 2.24) is 29.5 Å². The highest BCUT2D eigenvalue weighted by molar-refractivity contribution is 5.84. The summed E-state index contributed by atoms with van der Waals surface area (Å²) >= 11 is 0. The minimum Gasteiger partial charge on any atom is -0.328 e. The van der Waals surface area contributed by atoms with Crippen molar-refractivity contribution in [3.8, 4) is 11.5 Å². The van der Waals surface area contributed by atoms with Crippen molar-refractivity contribution >= 4 is 34.6 Å². The van der Waals surface area contributed by atoms with Gasteiger partial charge in [-0.1, -0.05) is 18.2 Å². The molecule has 0 amide bonds. The number of nitrogens with zero attached hydrogens (tertiary/aromatic N) is 6. The number of carbonyl (C=O) groups is 1. The van der Waals surface area contributed by atoms with E-state index in [1.165, 1.54) is 0 Å². The fraction of sp³-hybridized carbons (Fsp3) is 0.214. The van der Waals surface area contributed by atoms with Gasteiger partial charge in [0.15, 0.2) is 5.82 Å². The number of rotatable bonds is 8. The first kappa shape index (κ1) is 23.7. The van der Waals surface area contributed by atoms with Crippen molar-refractivity contribution in [3.05, 3.63) is 84.3 Å². The Hall–Kier alpha value is -4.70. The van der Waals surface area contributed by atoms with Crippen LogP contribution in [0.5, 0.6) is 0 Å². The molecule has 0 aliphatic heterocycles. The molecule has 5 aromatic rings. The van der Waals surface area contributed by atoms with E-state index in [1.54, 1.807) is 16.8 Å². The molecule has 1 aliphatic carbocycles. The van der Waals surface area contributed by atoms with Crippen LogP contribution in [-0.4, -0.2) is 41.4 Å². The Bertz CT molecular complexity index is 1610. The van der Waals surface area contributed by atoms with Gasteiger partial charge in [-0.15, -0.1) is 5.10 Å². The minimum atomic E-state index is 0.110. The fourth-order valence-corrected chi connectivity index (χ4v) is 4.52. The summed E-state index contributed by atoms with van der Waals surface area (Å²) in [6.07, 6.45) is 5.58. The summed E-state index contributed by atoms with van der Waals surface area (Å²) in [6, 6.07) is 19.3. The first-order valence-electron chi connectivity index (χ1n) is 12.5. The van der Waals surface area contributed by atoms with Crippen LogP contribution in [0.15, 0.2) is 73.1 Å². The van der Waals surface area contributed by atoms with E-state index in [2.05, 4.69) is 30.7 Å². The Morgan fingerprint density at radius 3 is 2.63 bits per heavy atom. The number of nitrogens with two attached hydrogens (primary N) is 1. The lowest BCUT2D eigenvalue weighted by Crippen LogP contribution is -2.40. The molecule has 0 spiro atoms. The Morgan fingerprint density at radius 1 is 1.00 bits per heavy atom. The molecule has 10 heteroatoms. The molecule has 0 unspecified atom stereocenters. The van der Waals surface area contributed by atoms with Gasteiger partial charge < -0.3 is 16.4 Å². The average molecular weight is 506 g/mol. The second-order valence-corrected chi connectivity index (χ2v) is 9.57. The molecule has 0 radical (unpaired) electrons. The lowest BCUT2D eigenvalue weighted by atomic mass is 9.77. The van der Waals surface area contributed by atoms with E-state index < -0.39 is 0 Å². The quantitative estimate of drug-likeness (QED) is 0.283. The standard InChI is InChI=1S/C28H27N9O/c1-17-4-2-5-22(31-17)26-35-27(23-6-3-13-37(23)36-26)33-25-11-12-30-28(34-25)32-21-9-7-18(8-10-21)14-24(38)19-15-20(29)16-19/h2-13,19-20H,14-16,29H2,1H3,(H2,30,32,33,34,35,36). The molecule has 4 heterocycles. The van der Waals surface area contributed by atoms with Gasteiger partial charge in [0.25, 0.3) is 0 Å². The highest BCUT2D eigenvalue weighted by Crippen LogP contribution is 2.28. The minimum absolute atomic E-state index is 0.110. The molecule has 0 saturated heterocycles. The zero-order valence-corrected chi connectivity index (χ0v) is 20.9. The van der Waals surface area contributed by atoms with Crippen molar-refractivity contribution < 1.29 is 4.79 Å². The highest BCUT2D eigenvalue weighted by atomic mass is 16.1. The van der Waals surface area contributed by atoms with Crippen molar-refractivity contribution in [2.75, 3.05) is 10.6 Å². The molecule has 1 fully saturated rings. The van der Waals surface area contributed by atoms with Gasteiger partial charge in [0.1, 0.15) is 22.8 Å². The molecule has 0 atom stereocenters. The number of Topliss-reactive ketones (excluding diaryl/α,β-unsaturated/α-hetero) is 1.